The third kappa shape index (κ3) is 4.40. The highest BCUT2D eigenvalue weighted by Crippen LogP contribution is 2.25. The summed E-state index contributed by atoms with van der Waals surface area (Å²) in [7, 11) is 0. The summed E-state index contributed by atoms with van der Waals surface area (Å²) in [4.78, 5) is 25.7. The van der Waals surface area contributed by atoms with Crippen LogP contribution in [0.25, 0.3) is 16.7 Å². The highest BCUT2D eigenvalue weighted by atomic mass is 19.1. The predicted octanol–water partition coefficient (Wildman–Crippen LogP) is 2.51. The van der Waals surface area contributed by atoms with Gasteiger partial charge in [-0.05, 0) is 24.3 Å². The fraction of sp³-hybridized carbons (Fsp3) is 0.250. The Labute approximate surface area is 190 Å². The second-order valence-corrected chi connectivity index (χ2v) is 7.89. The van der Waals surface area contributed by atoms with Gasteiger partial charge in [0.05, 0.1) is 22.8 Å². The number of aromatic nitrogens is 4. The maximum absolute atomic E-state index is 13.7. The number of carbonyl (C=O) groups is 1. The van der Waals surface area contributed by atoms with Crippen LogP contribution in [0.3, 0.4) is 0 Å². The second kappa shape index (κ2) is 9.33. The Balaban J connectivity index is 1.19. The highest BCUT2D eigenvalue weighted by molar-refractivity contribution is 5.94. The van der Waals surface area contributed by atoms with E-state index in [1.807, 2.05) is 41.2 Å². The third-order valence-electron chi connectivity index (χ3n) is 5.85. The normalized spacial score (nSPS) is 14.5. The van der Waals surface area contributed by atoms with E-state index >= 15 is 0 Å². The Hall–Kier alpha value is -3.85. The number of piperazine rings is 1. The zero-order valence-electron chi connectivity index (χ0n) is 18.1. The lowest BCUT2D eigenvalue weighted by Crippen LogP contribution is -2.48. The molecule has 0 unspecified atom stereocenters. The molecule has 0 aliphatic carbocycles. The standard InChI is InChI=1S/C24H24FN7O/c25-21-9-5-4-8-19(21)24(33)26-10-11-30-12-14-31(15-13-30)22-20-16-29-32(23(20)28-17-27-22)18-6-2-1-3-7-18/h1-9,16-17H,10-15H2,(H,26,33). The summed E-state index contributed by atoms with van der Waals surface area (Å²) in [5, 5.41) is 8.26. The number of para-hydroxylation sites is 1. The summed E-state index contributed by atoms with van der Waals surface area (Å²) < 4.78 is 15.6. The van der Waals surface area contributed by atoms with Crippen molar-refractivity contribution in [1.29, 1.82) is 0 Å². The number of nitrogens with zero attached hydrogens (tertiary/aromatic N) is 6. The predicted molar refractivity (Wildman–Crippen MR) is 124 cm³/mol. The summed E-state index contributed by atoms with van der Waals surface area (Å²) in [6.45, 7) is 4.48. The molecule has 1 aliphatic heterocycles. The number of carbonyl (C=O) groups excluding carboxylic acids is 1. The molecule has 2 aromatic heterocycles. The summed E-state index contributed by atoms with van der Waals surface area (Å²) in [6, 6.07) is 15.9. The van der Waals surface area contributed by atoms with Gasteiger partial charge in [0, 0.05) is 39.3 Å². The smallest absolute Gasteiger partial charge is 0.254 e. The molecule has 2 aromatic carbocycles. The lowest BCUT2D eigenvalue weighted by atomic mass is 10.2. The lowest BCUT2D eigenvalue weighted by Gasteiger charge is -2.35. The van der Waals surface area contributed by atoms with Crippen LogP contribution in [0.15, 0.2) is 67.1 Å². The molecule has 8 nitrogen and oxygen atoms in total. The molecule has 33 heavy (non-hydrogen) atoms. The van der Waals surface area contributed by atoms with Crippen LogP contribution < -0.4 is 10.2 Å². The van der Waals surface area contributed by atoms with Crippen LogP contribution in [0.2, 0.25) is 0 Å². The summed E-state index contributed by atoms with van der Waals surface area (Å²) in [5.41, 5.74) is 1.81. The molecule has 0 atom stereocenters. The number of fused-ring (bicyclic) bond motifs is 1. The zero-order chi connectivity index (χ0) is 22.6. The minimum absolute atomic E-state index is 0.0751. The van der Waals surface area contributed by atoms with Crippen LogP contribution in [0.1, 0.15) is 10.4 Å². The third-order valence-corrected chi connectivity index (χ3v) is 5.85. The topological polar surface area (TPSA) is 79.2 Å². The van der Waals surface area contributed by atoms with Crippen LogP contribution in [0.4, 0.5) is 10.2 Å². The molecule has 0 spiro atoms. The van der Waals surface area contributed by atoms with Crippen LogP contribution in [0.5, 0.6) is 0 Å². The van der Waals surface area contributed by atoms with Crippen molar-refractivity contribution < 1.29 is 9.18 Å². The number of nitrogens with one attached hydrogen (secondary N) is 1. The van der Waals surface area contributed by atoms with Crippen LogP contribution in [0, 0.1) is 5.82 Å². The van der Waals surface area contributed by atoms with E-state index in [0.29, 0.717) is 13.1 Å². The minimum atomic E-state index is -0.504. The maximum Gasteiger partial charge on any atom is 0.254 e. The molecule has 0 radical (unpaired) electrons. The number of halogens is 1. The largest absolute Gasteiger partial charge is 0.353 e. The van der Waals surface area contributed by atoms with Crippen molar-refractivity contribution in [2.24, 2.45) is 0 Å². The van der Waals surface area contributed by atoms with E-state index in [1.165, 1.54) is 12.1 Å². The number of anilines is 1. The monoisotopic (exact) mass is 445 g/mol. The molecule has 9 heteroatoms. The fourth-order valence-corrected chi connectivity index (χ4v) is 4.09. The molecule has 1 N–H and O–H groups in total. The van der Waals surface area contributed by atoms with Crippen molar-refractivity contribution in [2.75, 3.05) is 44.2 Å². The number of amides is 1. The van der Waals surface area contributed by atoms with Gasteiger partial charge >= 0.3 is 0 Å². The quantitative estimate of drug-likeness (QED) is 0.491. The molecular weight excluding hydrogens is 421 g/mol. The Morgan fingerprint density at radius 1 is 0.970 bits per heavy atom. The van der Waals surface area contributed by atoms with E-state index in [1.54, 1.807) is 18.5 Å². The van der Waals surface area contributed by atoms with E-state index in [2.05, 4.69) is 30.2 Å². The van der Waals surface area contributed by atoms with Gasteiger partial charge in [0.2, 0.25) is 0 Å². The Morgan fingerprint density at radius 3 is 2.52 bits per heavy atom. The molecule has 1 fully saturated rings. The molecule has 0 saturated carbocycles. The molecule has 168 valence electrons. The van der Waals surface area contributed by atoms with Gasteiger partial charge in [-0.3, -0.25) is 9.69 Å². The van der Waals surface area contributed by atoms with Gasteiger partial charge in [-0.2, -0.15) is 5.10 Å². The zero-order valence-corrected chi connectivity index (χ0v) is 18.1. The van der Waals surface area contributed by atoms with Gasteiger partial charge in [-0.1, -0.05) is 30.3 Å². The van der Waals surface area contributed by atoms with Gasteiger partial charge in [-0.25, -0.2) is 19.0 Å². The SMILES string of the molecule is O=C(NCCN1CCN(c2ncnc3c2cnn3-c2ccccc2)CC1)c1ccccc1F. The molecule has 1 amide bonds. The van der Waals surface area contributed by atoms with Crippen molar-refractivity contribution in [1.82, 2.24) is 30.0 Å². The number of hydrogen-bond donors (Lipinski definition) is 1. The fourth-order valence-electron chi connectivity index (χ4n) is 4.09. The number of hydrogen-bond acceptors (Lipinski definition) is 6. The number of rotatable bonds is 6. The first-order chi connectivity index (χ1) is 16.2. The molecule has 5 rings (SSSR count). The lowest BCUT2D eigenvalue weighted by molar-refractivity contribution is 0.0943. The molecule has 3 heterocycles. The Kier molecular flexibility index (Phi) is 5.95. The van der Waals surface area contributed by atoms with Gasteiger partial charge in [0.15, 0.2) is 5.65 Å². The van der Waals surface area contributed by atoms with Crippen LogP contribution in [-0.2, 0) is 0 Å². The molecule has 4 aromatic rings. The minimum Gasteiger partial charge on any atom is -0.353 e. The van der Waals surface area contributed by atoms with Crippen molar-refractivity contribution in [3.63, 3.8) is 0 Å². The second-order valence-electron chi connectivity index (χ2n) is 7.89. The summed E-state index contributed by atoms with van der Waals surface area (Å²) in [5.74, 6) is -0.00408. The molecular formula is C24H24FN7O. The Bertz CT molecular complexity index is 1250. The van der Waals surface area contributed by atoms with Gasteiger partial charge in [-0.15, -0.1) is 0 Å². The van der Waals surface area contributed by atoms with Gasteiger partial charge in [0.1, 0.15) is 18.0 Å². The first-order valence-electron chi connectivity index (χ1n) is 10.9. The van der Waals surface area contributed by atoms with Crippen molar-refractivity contribution in [3.8, 4) is 5.69 Å². The van der Waals surface area contributed by atoms with Crippen molar-refractivity contribution >= 4 is 22.8 Å². The Morgan fingerprint density at radius 2 is 1.73 bits per heavy atom. The van der Waals surface area contributed by atoms with Crippen molar-refractivity contribution in [3.05, 3.63) is 78.5 Å². The molecule has 0 bridgehead atoms. The van der Waals surface area contributed by atoms with E-state index in [9.17, 15) is 9.18 Å². The summed E-state index contributed by atoms with van der Waals surface area (Å²) in [6.07, 6.45) is 3.41. The summed E-state index contributed by atoms with van der Waals surface area (Å²) >= 11 is 0. The van der Waals surface area contributed by atoms with Crippen molar-refractivity contribution in [2.45, 2.75) is 0 Å². The van der Waals surface area contributed by atoms with E-state index < -0.39 is 5.82 Å². The van der Waals surface area contributed by atoms with E-state index in [4.69, 9.17) is 0 Å². The number of benzene rings is 2. The average molecular weight is 446 g/mol. The average Bonchev–Trinajstić information content (AvgIpc) is 3.30. The first kappa shape index (κ1) is 21.0. The first-order valence-corrected chi connectivity index (χ1v) is 10.9. The van der Waals surface area contributed by atoms with Crippen LogP contribution >= 0.6 is 0 Å². The highest BCUT2D eigenvalue weighted by Gasteiger charge is 2.21. The molecule has 1 saturated heterocycles. The van der Waals surface area contributed by atoms with E-state index in [-0.39, 0.29) is 11.5 Å². The van der Waals surface area contributed by atoms with Crippen LogP contribution in [-0.4, -0.2) is 69.8 Å². The van der Waals surface area contributed by atoms with E-state index in [0.717, 1.165) is 48.7 Å². The maximum atomic E-state index is 13.7. The molecule has 1 aliphatic rings. The van der Waals surface area contributed by atoms with Gasteiger partial charge in [0.25, 0.3) is 5.91 Å². The van der Waals surface area contributed by atoms with Gasteiger partial charge < -0.3 is 10.2 Å².